The van der Waals surface area contributed by atoms with Crippen LogP contribution in [0.1, 0.15) is 206 Å². The van der Waals surface area contributed by atoms with Crippen LogP contribution in [0.4, 0.5) is 0 Å². The van der Waals surface area contributed by atoms with E-state index in [4.69, 9.17) is 28.4 Å². The second-order valence-corrected chi connectivity index (χ2v) is 19.0. The summed E-state index contributed by atoms with van der Waals surface area (Å²) in [6.45, 7) is 3.68. The number of allylic oxidation sites excluding steroid dienone is 4. The Morgan fingerprint density at radius 1 is 0.478 bits per heavy atom. The number of hydrogen-bond donors (Lipinski definition) is 7. The highest BCUT2D eigenvalue weighted by Crippen LogP contribution is 2.26. The first kappa shape index (κ1) is 61.6. The van der Waals surface area contributed by atoms with Gasteiger partial charge in [0.2, 0.25) is 0 Å². The number of carbonyl (C=O) groups is 1. The van der Waals surface area contributed by atoms with Crippen molar-refractivity contribution in [2.24, 2.45) is 0 Å². The molecule has 0 bridgehead atoms. The minimum atomic E-state index is -1.71. The maximum absolute atomic E-state index is 13.0. The summed E-state index contributed by atoms with van der Waals surface area (Å²) in [5.41, 5.74) is 0. The standard InChI is InChI=1S/C53H98O14/c1-3-5-7-9-11-13-15-17-19-21-22-24-26-28-30-32-34-36-45(55)65-42(39-62-37-35-33-31-29-27-25-23-20-18-16-14-12-10-8-6-4-2)40-63-52-51(61)49(59)47(57)44(67-52)41-64-53-50(60)48(58)46(56)43(38-54)66-53/h17-20,42-44,46-54,56-61H,3-16,21-41H2,1-2H3/b19-17-,20-18-. The first-order valence-electron chi connectivity index (χ1n) is 26.9. The van der Waals surface area contributed by atoms with Crippen LogP contribution < -0.4 is 0 Å². The third-order valence-corrected chi connectivity index (χ3v) is 12.9. The number of rotatable bonds is 43. The van der Waals surface area contributed by atoms with Crippen molar-refractivity contribution in [3.8, 4) is 0 Å². The molecule has 0 spiro atoms. The van der Waals surface area contributed by atoms with Gasteiger partial charge in [-0.1, -0.05) is 160 Å². The summed E-state index contributed by atoms with van der Waals surface area (Å²) in [5, 5.41) is 72.2. The molecular formula is C53H98O14. The van der Waals surface area contributed by atoms with Crippen LogP contribution >= 0.6 is 0 Å². The predicted molar refractivity (Wildman–Crippen MR) is 261 cm³/mol. The zero-order chi connectivity index (χ0) is 48.7. The van der Waals surface area contributed by atoms with Crippen LogP contribution in [0.2, 0.25) is 0 Å². The van der Waals surface area contributed by atoms with E-state index in [2.05, 4.69) is 38.2 Å². The summed E-state index contributed by atoms with van der Waals surface area (Å²) in [6, 6.07) is 0. The first-order valence-corrected chi connectivity index (χ1v) is 26.9. The number of esters is 1. The maximum atomic E-state index is 13.0. The molecular weight excluding hydrogens is 861 g/mol. The smallest absolute Gasteiger partial charge is 0.306 e. The minimum absolute atomic E-state index is 0.0582. The fourth-order valence-corrected chi connectivity index (χ4v) is 8.51. The zero-order valence-corrected chi connectivity index (χ0v) is 41.9. The molecule has 0 aromatic rings. The monoisotopic (exact) mass is 959 g/mol. The molecule has 2 aliphatic rings. The number of carbonyl (C=O) groups excluding carboxylic acids is 1. The van der Waals surface area contributed by atoms with Crippen LogP contribution in [0.3, 0.4) is 0 Å². The van der Waals surface area contributed by atoms with E-state index in [9.17, 15) is 40.5 Å². The summed E-state index contributed by atoms with van der Waals surface area (Å²) in [6.07, 6.45) is 28.0. The molecule has 0 aromatic carbocycles. The largest absolute Gasteiger partial charge is 0.457 e. The maximum Gasteiger partial charge on any atom is 0.306 e. The second kappa shape index (κ2) is 41.1. The number of unbranched alkanes of at least 4 members (excludes halogenated alkanes) is 25. The van der Waals surface area contributed by atoms with Crippen LogP contribution in [0.5, 0.6) is 0 Å². The van der Waals surface area contributed by atoms with Gasteiger partial charge >= 0.3 is 5.97 Å². The fraction of sp³-hybridized carbons (Fsp3) is 0.906. The third kappa shape index (κ3) is 28.8. The molecule has 394 valence electrons. The molecule has 2 fully saturated rings. The van der Waals surface area contributed by atoms with Gasteiger partial charge < -0.3 is 64.2 Å². The second-order valence-electron chi connectivity index (χ2n) is 19.0. The molecule has 7 N–H and O–H groups in total. The highest BCUT2D eigenvalue weighted by atomic mass is 16.7. The van der Waals surface area contributed by atoms with E-state index >= 15 is 0 Å². The van der Waals surface area contributed by atoms with E-state index in [0.29, 0.717) is 13.0 Å². The molecule has 14 heteroatoms. The molecule has 0 amide bonds. The van der Waals surface area contributed by atoms with Crippen molar-refractivity contribution in [2.75, 3.05) is 33.0 Å². The topological polar surface area (TPSA) is 214 Å². The van der Waals surface area contributed by atoms with Crippen LogP contribution in [-0.2, 0) is 33.2 Å². The number of ether oxygens (including phenoxy) is 6. The minimum Gasteiger partial charge on any atom is -0.457 e. The molecule has 2 heterocycles. The van der Waals surface area contributed by atoms with Crippen molar-refractivity contribution in [3.05, 3.63) is 24.3 Å². The van der Waals surface area contributed by atoms with Gasteiger partial charge in [0, 0.05) is 13.0 Å². The Hall–Kier alpha value is -1.53. The molecule has 0 saturated carbocycles. The van der Waals surface area contributed by atoms with Crippen molar-refractivity contribution in [2.45, 2.75) is 274 Å². The van der Waals surface area contributed by atoms with Crippen LogP contribution in [0, 0.1) is 0 Å². The van der Waals surface area contributed by atoms with Gasteiger partial charge in [-0.2, -0.15) is 0 Å². The molecule has 2 aliphatic heterocycles. The van der Waals surface area contributed by atoms with Gasteiger partial charge in [0.25, 0.3) is 0 Å². The average molecular weight is 959 g/mol. The molecule has 67 heavy (non-hydrogen) atoms. The summed E-state index contributed by atoms with van der Waals surface area (Å²) < 4.78 is 34.3. The fourth-order valence-electron chi connectivity index (χ4n) is 8.51. The Labute approximate surface area is 405 Å². The zero-order valence-electron chi connectivity index (χ0n) is 41.9. The summed E-state index contributed by atoms with van der Waals surface area (Å²) in [7, 11) is 0. The first-order chi connectivity index (χ1) is 32.6. The lowest BCUT2D eigenvalue weighted by Crippen LogP contribution is -2.61. The number of hydrogen-bond acceptors (Lipinski definition) is 14. The Kier molecular flexibility index (Phi) is 37.8. The van der Waals surface area contributed by atoms with E-state index in [1.165, 1.54) is 128 Å². The van der Waals surface area contributed by atoms with E-state index in [1.807, 2.05) is 0 Å². The van der Waals surface area contributed by atoms with Gasteiger partial charge in [-0.05, 0) is 64.2 Å². The summed E-state index contributed by atoms with van der Waals surface area (Å²) >= 11 is 0. The van der Waals surface area contributed by atoms with Gasteiger partial charge in [-0.25, -0.2) is 0 Å². The molecule has 0 aliphatic carbocycles. The van der Waals surface area contributed by atoms with E-state index < -0.39 is 80.7 Å². The van der Waals surface area contributed by atoms with Crippen molar-refractivity contribution in [1.29, 1.82) is 0 Å². The number of aliphatic hydroxyl groups excluding tert-OH is 7. The van der Waals surface area contributed by atoms with Gasteiger partial charge in [0.15, 0.2) is 12.6 Å². The molecule has 11 unspecified atom stereocenters. The van der Waals surface area contributed by atoms with Gasteiger partial charge in [0.05, 0.1) is 26.4 Å². The Balaban J connectivity index is 1.76. The van der Waals surface area contributed by atoms with E-state index in [1.54, 1.807) is 0 Å². The van der Waals surface area contributed by atoms with Crippen molar-refractivity contribution in [3.63, 3.8) is 0 Å². The predicted octanol–water partition coefficient (Wildman–Crippen LogP) is 8.41. The van der Waals surface area contributed by atoms with Gasteiger partial charge in [-0.3, -0.25) is 4.79 Å². The van der Waals surface area contributed by atoms with E-state index in [-0.39, 0.29) is 25.6 Å². The molecule has 11 atom stereocenters. The molecule has 2 rings (SSSR count). The van der Waals surface area contributed by atoms with Gasteiger partial charge in [0.1, 0.15) is 54.9 Å². The highest BCUT2D eigenvalue weighted by Gasteiger charge is 2.47. The normalized spacial score (nSPS) is 26.2. The molecule has 0 aromatic heterocycles. The third-order valence-electron chi connectivity index (χ3n) is 12.9. The lowest BCUT2D eigenvalue weighted by molar-refractivity contribution is -0.332. The Morgan fingerprint density at radius 3 is 1.36 bits per heavy atom. The van der Waals surface area contributed by atoms with Crippen molar-refractivity contribution in [1.82, 2.24) is 0 Å². The Morgan fingerprint density at radius 2 is 0.881 bits per heavy atom. The molecule has 0 radical (unpaired) electrons. The van der Waals surface area contributed by atoms with Crippen molar-refractivity contribution < 1.29 is 69.0 Å². The quantitative estimate of drug-likeness (QED) is 0.0174. The SMILES string of the molecule is CCCCCCCC/C=C\CCCCCCCCCC(=O)OC(COCCCCCCCC/C=C\CCCCCCCC)COC1OC(COC2OC(CO)C(O)C(O)C2O)C(O)C(O)C1O. The lowest BCUT2D eigenvalue weighted by atomic mass is 9.98. The highest BCUT2D eigenvalue weighted by molar-refractivity contribution is 5.69. The van der Waals surface area contributed by atoms with E-state index in [0.717, 1.165) is 51.4 Å². The lowest BCUT2D eigenvalue weighted by Gasteiger charge is -2.42. The molecule has 14 nitrogen and oxygen atoms in total. The van der Waals surface area contributed by atoms with Crippen molar-refractivity contribution >= 4 is 5.97 Å². The average Bonchev–Trinajstić information content (AvgIpc) is 3.32. The molecule has 2 saturated heterocycles. The number of aliphatic hydroxyl groups is 7. The van der Waals surface area contributed by atoms with Gasteiger partial charge in [-0.15, -0.1) is 0 Å². The van der Waals surface area contributed by atoms with Crippen LogP contribution in [-0.4, -0.2) is 142 Å². The van der Waals surface area contributed by atoms with Crippen LogP contribution in [0.15, 0.2) is 24.3 Å². The van der Waals surface area contributed by atoms with Crippen LogP contribution in [0.25, 0.3) is 0 Å². The Bertz CT molecular complexity index is 1200. The summed E-state index contributed by atoms with van der Waals surface area (Å²) in [4.78, 5) is 13.0. The summed E-state index contributed by atoms with van der Waals surface area (Å²) in [5.74, 6) is -0.381.